The molecule has 414 valence electrons. The first-order valence-corrected chi connectivity index (χ1v) is 24.4. The van der Waals surface area contributed by atoms with Crippen molar-refractivity contribution < 1.29 is 87.5 Å². The number of carbonyl (C=O) groups is 6. The van der Waals surface area contributed by atoms with E-state index in [0.29, 0.717) is 0 Å². The van der Waals surface area contributed by atoms with E-state index in [1.807, 2.05) is 0 Å². The molecular weight excluding hydrogens is 949 g/mol. The van der Waals surface area contributed by atoms with E-state index < -0.39 is 137 Å². The lowest BCUT2D eigenvalue weighted by Crippen LogP contribution is -2.70. The van der Waals surface area contributed by atoms with Gasteiger partial charge < -0.3 is 90.2 Å². The van der Waals surface area contributed by atoms with Crippen LogP contribution in [0.4, 0.5) is 19.2 Å². The Hall–Kier alpha value is -4.72. The van der Waals surface area contributed by atoms with E-state index >= 15 is 0 Å². The van der Waals surface area contributed by atoms with Crippen molar-refractivity contribution in [3.05, 3.63) is 11.8 Å². The van der Waals surface area contributed by atoms with Crippen molar-refractivity contribution >= 4 is 36.2 Å². The highest BCUT2D eigenvalue weighted by molar-refractivity contribution is 5.81. The Labute approximate surface area is 422 Å². The fraction of sp³-hybridized carbons (Fsp3) is 0.833. The Kier molecular flexibility index (Phi) is 21.4. The number of hydrogen-bond acceptors (Lipinski definition) is 19. The summed E-state index contributed by atoms with van der Waals surface area (Å²) in [6.45, 7) is 20.8. The average Bonchev–Trinajstić information content (AvgIpc) is 3.20. The van der Waals surface area contributed by atoms with E-state index in [1.54, 1.807) is 89.2 Å². The quantitative estimate of drug-likeness (QED) is 0.0775. The minimum Gasteiger partial charge on any atom is -0.491 e. The Morgan fingerprint density at radius 3 is 1.86 bits per heavy atom. The summed E-state index contributed by atoms with van der Waals surface area (Å²) in [6, 6.07) is -4.78. The highest BCUT2D eigenvalue weighted by Crippen LogP contribution is 2.40. The lowest BCUT2D eigenvalue weighted by atomic mass is 9.71. The number of rotatable bonds is 16. The van der Waals surface area contributed by atoms with Gasteiger partial charge in [-0.15, -0.1) is 0 Å². The summed E-state index contributed by atoms with van der Waals surface area (Å²) in [4.78, 5) is 79.9. The molecule has 24 nitrogen and oxygen atoms in total. The molecule has 10 N–H and O–H groups in total. The third-order valence-electron chi connectivity index (χ3n) is 11.7. The zero-order valence-electron chi connectivity index (χ0n) is 44.7. The standard InChI is InChI=1S/C48H84N6O18/c1-44(2,3)69-40(61)50-21-19-29(55)38(59)51-28-22-27(53-42(63)71-46(7,8)9)32(34(58)36(28)68-31-18-20-48(13,65)37(33(31)57)54(14)43(64)72-47(10,11)12)35-26(52-41(62)70-45(4,5)6)17-16-25(67-35)23-49-24-30(56)39(60)66-15/h16,26-37,49,55-58,65H,17-24H2,1-15H3,(H,50,61)(H,51,59)(H,52,62)(H,53,63)/t26-,27+,28-,29+,30+,31+,32-,33+,34+,35?,36+,37-,48+/m1/s1. The van der Waals surface area contributed by atoms with Crippen molar-refractivity contribution in [2.24, 2.45) is 5.92 Å². The third kappa shape index (κ3) is 19.3. The largest absolute Gasteiger partial charge is 0.491 e. The number of carbonyl (C=O) groups excluding carboxylic acids is 6. The molecule has 0 aromatic heterocycles. The molecule has 0 bridgehead atoms. The molecule has 2 fully saturated rings. The predicted octanol–water partition coefficient (Wildman–Crippen LogP) is 1.61. The molecule has 2 aliphatic carbocycles. The van der Waals surface area contributed by atoms with Crippen LogP contribution < -0.4 is 26.6 Å². The van der Waals surface area contributed by atoms with E-state index in [1.165, 1.54) is 14.0 Å². The normalized spacial score (nSPS) is 28.9. The lowest BCUT2D eigenvalue weighted by Gasteiger charge is -2.52. The van der Waals surface area contributed by atoms with Crippen LogP contribution in [0.5, 0.6) is 0 Å². The van der Waals surface area contributed by atoms with Gasteiger partial charge in [-0.05, 0) is 128 Å². The summed E-state index contributed by atoms with van der Waals surface area (Å²) in [5.74, 6) is -2.86. The first-order chi connectivity index (χ1) is 32.9. The van der Waals surface area contributed by atoms with Gasteiger partial charge in [0.2, 0.25) is 5.91 Å². The molecule has 1 unspecified atom stereocenters. The second kappa shape index (κ2) is 25.0. The Morgan fingerprint density at radius 2 is 1.32 bits per heavy atom. The van der Waals surface area contributed by atoms with Crippen LogP contribution in [0.2, 0.25) is 0 Å². The Morgan fingerprint density at radius 1 is 0.778 bits per heavy atom. The van der Waals surface area contributed by atoms with Crippen LogP contribution in [0.25, 0.3) is 0 Å². The molecule has 13 atom stereocenters. The van der Waals surface area contributed by atoms with Gasteiger partial charge in [0.15, 0.2) is 6.10 Å². The van der Waals surface area contributed by atoms with E-state index in [2.05, 4.69) is 31.3 Å². The highest BCUT2D eigenvalue weighted by atomic mass is 16.6. The molecule has 3 aliphatic rings. The number of methoxy groups -OCH3 is 1. The molecule has 0 saturated heterocycles. The van der Waals surface area contributed by atoms with Crippen molar-refractivity contribution in [3.63, 3.8) is 0 Å². The van der Waals surface area contributed by atoms with Crippen LogP contribution >= 0.6 is 0 Å². The Balaban J connectivity index is 2.17. The molecule has 3 rings (SSSR count). The van der Waals surface area contributed by atoms with Gasteiger partial charge >= 0.3 is 30.3 Å². The minimum absolute atomic E-state index is 0.0264. The summed E-state index contributed by atoms with van der Waals surface area (Å²) in [5.41, 5.74) is -5.38. The molecule has 1 aliphatic heterocycles. The van der Waals surface area contributed by atoms with Crippen molar-refractivity contribution in [1.82, 2.24) is 31.5 Å². The van der Waals surface area contributed by atoms with Crippen LogP contribution in [-0.4, -0.2) is 195 Å². The summed E-state index contributed by atoms with van der Waals surface area (Å²) < 4.78 is 39.9. The third-order valence-corrected chi connectivity index (χ3v) is 11.7. The number of likely N-dealkylation sites (N-methyl/N-ethyl adjacent to an activating group) is 1. The van der Waals surface area contributed by atoms with Gasteiger partial charge in [-0.25, -0.2) is 24.0 Å². The van der Waals surface area contributed by atoms with Gasteiger partial charge in [0, 0.05) is 32.1 Å². The molecule has 1 heterocycles. The molecule has 2 saturated carbocycles. The smallest absolute Gasteiger partial charge is 0.410 e. The number of nitrogens with one attached hydrogen (secondary N) is 5. The number of nitrogens with zero attached hydrogens (tertiary/aromatic N) is 1. The Bertz CT molecular complexity index is 1890. The second-order valence-corrected chi connectivity index (χ2v) is 22.9. The van der Waals surface area contributed by atoms with Gasteiger partial charge in [-0.1, -0.05) is 0 Å². The van der Waals surface area contributed by atoms with E-state index in [4.69, 9.17) is 28.4 Å². The van der Waals surface area contributed by atoms with Crippen LogP contribution in [0.1, 0.15) is 122 Å². The van der Waals surface area contributed by atoms with Crippen LogP contribution in [0.15, 0.2) is 11.8 Å². The summed E-state index contributed by atoms with van der Waals surface area (Å²) in [7, 11) is 2.48. The number of hydrogen-bond donors (Lipinski definition) is 10. The van der Waals surface area contributed by atoms with Gasteiger partial charge in [-0.3, -0.25) is 4.79 Å². The second-order valence-electron chi connectivity index (χ2n) is 22.9. The number of ether oxygens (including phenoxy) is 7. The fourth-order valence-corrected chi connectivity index (χ4v) is 8.73. The predicted molar refractivity (Wildman–Crippen MR) is 258 cm³/mol. The van der Waals surface area contributed by atoms with E-state index in [0.717, 1.165) is 12.0 Å². The lowest BCUT2D eigenvalue weighted by molar-refractivity contribution is -0.211. The molecule has 0 radical (unpaired) electrons. The van der Waals surface area contributed by atoms with E-state index in [9.17, 15) is 54.3 Å². The average molecular weight is 1030 g/mol. The number of aliphatic hydroxyl groups is 5. The maximum atomic E-state index is 13.9. The minimum atomic E-state index is -1.78. The number of aliphatic hydroxyl groups excluding tert-OH is 4. The summed E-state index contributed by atoms with van der Waals surface area (Å²) in [6.07, 6.45) is -13.0. The van der Waals surface area contributed by atoms with Crippen molar-refractivity contribution in [3.8, 4) is 0 Å². The molecule has 0 spiro atoms. The fourth-order valence-electron chi connectivity index (χ4n) is 8.73. The monoisotopic (exact) mass is 1030 g/mol. The van der Waals surface area contributed by atoms with Gasteiger partial charge in [0.05, 0.1) is 49.6 Å². The first kappa shape index (κ1) is 61.6. The van der Waals surface area contributed by atoms with Gasteiger partial charge in [-0.2, -0.15) is 0 Å². The van der Waals surface area contributed by atoms with E-state index in [-0.39, 0.29) is 57.5 Å². The maximum Gasteiger partial charge on any atom is 0.410 e. The van der Waals surface area contributed by atoms with Crippen LogP contribution in [-0.2, 0) is 42.7 Å². The molecule has 0 aromatic rings. The van der Waals surface area contributed by atoms with Crippen molar-refractivity contribution in [2.45, 2.75) is 217 Å². The van der Waals surface area contributed by atoms with Crippen LogP contribution in [0.3, 0.4) is 0 Å². The maximum absolute atomic E-state index is 13.9. The number of alkyl carbamates (subject to hydrolysis) is 3. The van der Waals surface area contributed by atoms with Gasteiger partial charge in [0.25, 0.3) is 0 Å². The zero-order chi connectivity index (χ0) is 54.9. The molecule has 5 amide bonds. The first-order valence-electron chi connectivity index (χ1n) is 24.4. The van der Waals surface area contributed by atoms with Crippen molar-refractivity contribution in [1.29, 1.82) is 0 Å². The molecule has 24 heteroatoms. The van der Waals surface area contributed by atoms with Crippen molar-refractivity contribution in [2.75, 3.05) is 33.8 Å². The number of esters is 1. The molecule has 72 heavy (non-hydrogen) atoms. The summed E-state index contributed by atoms with van der Waals surface area (Å²) >= 11 is 0. The number of amides is 5. The molecular formula is C48H84N6O18. The summed E-state index contributed by atoms with van der Waals surface area (Å²) in [5, 5.41) is 71.8. The van der Waals surface area contributed by atoms with Crippen LogP contribution in [0, 0.1) is 5.92 Å². The topological polar surface area (TPSA) is 332 Å². The highest BCUT2D eigenvalue weighted by Gasteiger charge is 2.56. The van der Waals surface area contributed by atoms with Gasteiger partial charge in [0.1, 0.15) is 52.6 Å². The zero-order valence-corrected chi connectivity index (χ0v) is 44.7. The molecule has 0 aromatic carbocycles. The SMILES string of the molecule is COC(=O)[C@@H](O)CNCC1=CC[C@@H](NC(=O)OC(C)(C)C)C([C@H]2[C@H](O)[C@@H](O[C@H]3CC[C@](C)(O)[C@H](N(C)C(=O)OC(C)(C)C)[C@H]3O)[C@H](NC(=O)[C@@H](O)CCNC(=O)OC(C)(C)C)C[C@@H]2NC(=O)OC(C)(C)C)O1.